The summed E-state index contributed by atoms with van der Waals surface area (Å²) >= 11 is 1.88. The van der Waals surface area contributed by atoms with Gasteiger partial charge in [0.15, 0.2) is 0 Å². The summed E-state index contributed by atoms with van der Waals surface area (Å²) in [7, 11) is 0. The van der Waals surface area contributed by atoms with E-state index in [0.29, 0.717) is 0 Å². The molecule has 0 bridgehead atoms. The van der Waals surface area contributed by atoms with Crippen molar-refractivity contribution in [2.45, 2.75) is 124 Å². The smallest absolute Gasteiger partial charge is 0.239 e. The molecule has 2 rings (SSSR count). The molecule has 0 amide bonds. The maximum atomic E-state index is 5.13. The number of quaternary nitrogens is 1. The first-order valence-corrected chi connectivity index (χ1v) is 13.5. The van der Waals surface area contributed by atoms with Crippen LogP contribution in [0.2, 0.25) is 0 Å². The van der Waals surface area contributed by atoms with Gasteiger partial charge >= 0.3 is 0 Å². The van der Waals surface area contributed by atoms with Crippen molar-refractivity contribution in [3.8, 4) is 0 Å². The molecule has 0 fully saturated rings. The summed E-state index contributed by atoms with van der Waals surface area (Å²) in [5.41, 5.74) is 3.61. The third kappa shape index (κ3) is 9.89. The van der Waals surface area contributed by atoms with E-state index in [1.54, 1.807) is 0 Å². The van der Waals surface area contributed by atoms with Gasteiger partial charge < -0.3 is 17.0 Å². The van der Waals surface area contributed by atoms with Gasteiger partial charge in [0.1, 0.15) is 0 Å². The normalized spacial score (nSPS) is 14.2. The molecule has 180 valence electrons. The van der Waals surface area contributed by atoms with Crippen LogP contribution in [0.15, 0.2) is 5.10 Å². The molecule has 0 spiro atoms. The molecule has 2 heterocycles. The fourth-order valence-electron chi connectivity index (χ4n) is 3.86. The number of rotatable bonds is 17. The van der Waals surface area contributed by atoms with Gasteiger partial charge in [-0.3, -0.25) is 0 Å². The Bertz CT molecular complexity index is 592. The zero-order valence-electron chi connectivity index (χ0n) is 20.5. The molecule has 1 aliphatic rings. The Hall–Kier alpha value is -0.500. The highest BCUT2D eigenvalue weighted by Gasteiger charge is 2.31. The summed E-state index contributed by atoms with van der Waals surface area (Å²) in [4.78, 5) is 6.63. The molecule has 1 aromatic rings. The molecule has 1 aliphatic heterocycles. The minimum Gasteiger partial charge on any atom is -1.00 e. The quantitative estimate of drug-likeness (QED) is 0.256. The Balaban J connectivity index is 0.00000480. The molecule has 5 nitrogen and oxygen atoms in total. The second-order valence-electron chi connectivity index (χ2n) is 8.62. The second-order valence-corrected chi connectivity index (χ2v) is 9.68. The van der Waals surface area contributed by atoms with Crippen molar-refractivity contribution in [1.82, 2.24) is 10.1 Å². The van der Waals surface area contributed by atoms with E-state index in [1.165, 1.54) is 99.9 Å². The third-order valence-electron chi connectivity index (χ3n) is 5.75. The number of unbranched alkanes of at least 4 members (excludes halogenated alkanes) is 8. The number of hydrazine groups is 1. The Morgan fingerprint density at radius 3 is 1.97 bits per heavy atom. The summed E-state index contributed by atoms with van der Waals surface area (Å²) in [6, 6.07) is 0. The molecule has 0 saturated heterocycles. The molecule has 0 unspecified atom stereocenters. The first kappa shape index (κ1) is 28.5. The molecule has 0 aromatic carbocycles. The average molecular weight is 517 g/mol. The van der Waals surface area contributed by atoms with Gasteiger partial charge in [-0.15, -0.1) is 5.12 Å². The summed E-state index contributed by atoms with van der Waals surface area (Å²) in [5, 5.41) is 10.5. The fourth-order valence-corrected chi connectivity index (χ4v) is 4.98. The first-order chi connectivity index (χ1) is 14.7. The van der Waals surface area contributed by atoms with Crippen LogP contribution in [0.25, 0.3) is 0 Å². The van der Waals surface area contributed by atoms with Crippen molar-refractivity contribution in [3.05, 3.63) is 10.6 Å². The maximum absolute atomic E-state index is 5.13. The van der Waals surface area contributed by atoms with Gasteiger partial charge in [0.25, 0.3) is 0 Å². The lowest BCUT2D eigenvalue weighted by Crippen LogP contribution is -3.00. The topological polar surface area (TPSA) is 48.3 Å². The fraction of sp³-hybridized carbons (Fsp3) is 0.833. The van der Waals surface area contributed by atoms with Gasteiger partial charge in [-0.05, 0) is 43.6 Å². The largest absolute Gasteiger partial charge is 1.00 e. The zero-order valence-corrected chi connectivity index (χ0v) is 22.9. The first-order valence-electron chi connectivity index (χ1n) is 12.7. The van der Waals surface area contributed by atoms with Crippen LogP contribution in [0.3, 0.4) is 0 Å². The number of nitrogens with zero attached hydrogens (tertiary/aromatic N) is 4. The van der Waals surface area contributed by atoms with Crippen LogP contribution >= 0.6 is 11.3 Å². The van der Waals surface area contributed by atoms with E-state index >= 15 is 0 Å². The van der Waals surface area contributed by atoms with E-state index in [0.717, 1.165) is 24.5 Å². The highest BCUT2D eigenvalue weighted by atomic mass is 79.9. The minimum absolute atomic E-state index is 0. The van der Waals surface area contributed by atoms with E-state index in [9.17, 15) is 0 Å². The summed E-state index contributed by atoms with van der Waals surface area (Å²) < 4.78 is 0. The van der Waals surface area contributed by atoms with E-state index < -0.39 is 0 Å². The molecule has 0 atom stereocenters. The third-order valence-corrected chi connectivity index (χ3v) is 6.88. The number of anilines is 1. The van der Waals surface area contributed by atoms with Gasteiger partial charge in [0.2, 0.25) is 11.0 Å². The van der Waals surface area contributed by atoms with Crippen LogP contribution < -0.4 is 27.5 Å². The summed E-state index contributed by atoms with van der Waals surface area (Å²) in [6.07, 6.45) is 18.5. The zero-order chi connectivity index (χ0) is 21.6. The number of hydrogen-bond donors (Lipinski definition) is 1. The Morgan fingerprint density at radius 1 is 0.742 bits per heavy atom. The van der Waals surface area contributed by atoms with E-state index in [2.05, 4.69) is 43.4 Å². The van der Waals surface area contributed by atoms with Crippen LogP contribution in [0, 0.1) is 0 Å². The van der Waals surface area contributed by atoms with E-state index in [4.69, 9.17) is 10.1 Å². The van der Waals surface area contributed by atoms with Crippen LogP contribution in [0.1, 0.15) is 122 Å². The number of halogens is 1. The predicted molar refractivity (Wildman–Crippen MR) is 131 cm³/mol. The molecule has 31 heavy (non-hydrogen) atoms. The molecule has 0 aliphatic carbocycles. The lowest BCUT2D eigenvalue weighted by molar-refractivity contribution is -0.706. The molecule has 0 saturated carbocycles. The highest BCUT2D eigenvalue weighted by molar-refractivity contribution is 7.15. The van der Waals surface area contributed by atoms with Crippen molar-refractivity contribution in [1.29, 1.82) is 0 Å². The van der Waals surface area contributed by atoms with Crippen molar-refractivity contribution >= 4 is 22.3 Å². The molecule has 2 N–H and O–H groups in total. The monoisotopic (exact) mass is 515 g/mol. The molecule has 7 heteroatoms. The van der Waals surface area contributed by atoms with Crippen molar-refractivity contribution in [2.24, 2.45) is 5.10 Å². The minimum atomic E-state index is 0. The Kier molecular flexibility index (Phi) is 15.7. The number of nitrogens with two attached hydrogens (primary N) is 1. The lowest BCUT2D eigenvalue weighted by Gasteiger charge is -2.19. The van der Waals surface area contributed by atoms with E-state index in [1.807, 2.05) is 11.3 Å². The molecular weight excluding hydrogens is 470 g/mol. The molecule has 0 radical (unpaired) electrons. The number of hydrazone groups is 1. The standard InChI is InChI=1S/C24H45N5S.BrH/c1-5-9-13-17-21-22(18-14-10-6-2)30-24(25-21)29-27-23(19-15-11-7-3)26-28(29)20-16-12-8-4;/h5-20H2,1-4H3,(H,26,27);1H. The van der Waals surface area contributed by atoms with Gasteiger partial charge in [-0.2, -0.15) is 0 Å². The number of hydrogen-bond acceptors (Lipinski definition) is 5. The van der Waals surface area contributed by atoms with Crippen molar-refractivity contribution < 1.29 is 22.4 Å². The van der Waals surface area contributed by atoms with Crippen LogP contribution in [-0.4, -0.2) is 22.5 Å². The van der Waals surface area contributed by atoms with Crippen LogP contribution in [-0.2, 0) is 12.8 Å². The summed E-state index contributed by atoms with van der Waals surface area (Å²) in [5.74, 6) is 1.22. The van der Waals surface area contributed by atoms with Crippen molar-refractivity contribution in [3.63, 3.8) is 0 Å². The predicted octanol–water partition coefficient (Wildman–Crippen LogP) is 3.21. The van der Waals surface area contributed by atoms with Gasteiger partial charge in [0.05, 0.1) is 12.2 Å². The van der Waals surface area contributed by atoms with Crippen LogP contribution in [0.4, 0.5) is 5.13 Å². The Morgan fingerprint density at radius 2 is 1.32 bits per heavy atom. The highest BCUT2D eigenvalue weighted by Crippen LogP contribution is 2.30. The second kappa shape index (κ2) is 17.0. The van der Waals surface area contributed by atoms with Crippen molar-refractivity contribution in [2.75, 3.05) is 11.7 Å². The lowest BCUT2D eigenvalue weighted by atomic mass is 10.1. The SMILES string of the molecule is CCCCCC1=NN(c2nc(CCCCC)c(CCCCC)s2)N(CCCCC)[NH2+]1.[Br-]. The van der Waals surface area contributed by atoms with Crippen LogP contribution in [0.5, 0.6) is 0 Å². The number of thiazole rings is 1. The van der Waals surface area contributed by atoms with Gasteiger partial charge in [-0.1, -0.05) is 95.5 Å². The maximum Gasteiger partial charge on any atom is 0.239 e. The number of aromatic nitrogens is 1. The summed E-state index contributed by atoms with van der Waals surface area (Å²) in [6.45, 7) is 10.1. The number of amidine groups is 1. The Labute approximate surface area is 205 Å². The average Bonchev–Trinajstić information content (AvgIpc) is 3.33. The number of aryl methyl sites for hydroxylation is 2. The molecular formula is C24H46BrN5S. The van der Waals surface area contributed by atoms with Gasteiger partial charge in [-0.25, -0.2) is 10.4 Å². The molecule has 1 aromatic heterocycles. The van der Waals surface area contributed by atoms with E-state index in [-0.39, 0.29) is 17.0 Å². The van der Waals surface area contributed by atoms with Gasteiger partial charge in [0, 0.05) is 11.3 Å².